The summed E-state index contributed by atoms with van der Waals surface area (Å²) in [5.41, 5.74) is 2.60. The minimum absolute atomic E-state index is 0.222. The van der Waals surface area contributed by atoms with Crippen molar-refractivity contribution in [2.45, 2.75) is 39.3 Å². The molecular formula is C30H35ClN2O3. The number of likely N-dealkylation sites (tertiary alicyclic amines) is 1. The average molecular weight is 507 g/mol. The fourth-order valence-corrected chi connectivity index (χ4v) is 4.94. The number of ether oxygens (including phenoxy) is 1. The van der Waals surface area contributed by atoms with Crippen LogP contribution in [0.5, 0.6) is 5.75 Å². The lowest BCUT2D eigenvalue weighted by molar-refractivity contribution is 0.0284. The molecular weight excluding hydrogens is 472 g/mol. The summed E-state index contributed by atoms with van der Waals surface area (Å²) in [5.74, 6) is 0.775. The molecule has 0 saturated carbocycles. The maximum atomic E-state index is 13.0. The van der Waals surface area contributed by atoms with E-state index in [0.29, 0.717) is 24.7 Å². The third-order valence-electron chi connectivity index (χ3n) is 6.57. The van der Waals surface area contributed by atoms with Crippen molar-refractivity contribution in [1.29, 1.82) is 0 Å². The second-order valence-corrected chi connectivity index (χ2v) is 11.0. The Kier molecular flexibility index (Phi) is 8.10. The lowest BCUT2D eigenvalue weighted by Crippen LogP contribution is -2.36. The van der Waals surface area contributed by atoms with E-state index in [4.69, 9.17) is 16.3 Å². The smallest absolute Gasteiger partial charge is 0.410 e. The molecule has 6 heteroatoms. The second kappa shape index (κ2) is 11.3. The lowest BCUT2D eigenvalue weighted by atomic mass is 9.89. The van der Waals surface area contributed by atoms with Gasteiger partial charge in [-0.25, -0.2) is 4.79 Å². The van der Waals surface area contributed by atoms with Gasteiger partial charge in [0.1, 0.15) is 11.4 Å². The molecule has 0 radical (unpaired) electrons. The van der Waals surface area contributed by atoms with Crippen LogP contribution < -0.4 is 4.90 Å². The number of carbonyl (C=O) groups excluding carboxylic acids is 1. The summed E-state index contributed by atoms with van der Waals surface area (Å²) in [7, 11) is 0. The molecule has 1 aliphatic rings. The Morgan fingerprint density at radius 1 is 0.972 bits per heavy atom. The number of hydrogen-bond acceptors (Lipinski definition) is 4. The van der Waals surface area contributed by atoms with Crippen LogP contribution in [-0.2, 0) is 17.7 Å². The quantitative estimate of drug-likeness (QED) is 0.384. The van der Waals surface area contributed by atoms with Gasteiger partial charge in [-0.1, -0.05) is 60.1 Å². The molecule has 3 aromatic rings. The zero-order valence-corrected chi connectivity index (χ0v) is 22.0. The first-order valence-corrected chi connectivity index (χ1v) is 12.8. The monoisotopic (exact) mass is 506 g/mol. The van der Waals surface area contributed by atoms with Crippen LogP contribution in [0, 0.1) is 11.8 Å². The first-order chi connectivity index (χ1) is 17.2. The maximum Gasteiger partial charge on any atom is 0.410 e. The molecule has 0 bridgehead atoms. The van der Waals surface area contributed by atoms with Crippen molar-refractivity contribution in [3.8, 4) is 5.75 Å². The molecule has 4 rings (SSSR count). The standard InChI is InChI=1S/C30H35ClN2O3/c1-30(2,3)36-29(35)33-19-24(17-22-9-5-4-6-10-22)25(21-33)20-32(27-15-13-26(31)14-16-27)18-23-11-7-8-12-28(23)34/h4-16,24-25,34H,17-21H2,1-3H3. The molecule has 0 spiro atoms. The number of halogens is 1. The van der Waals surface area contributed by atoms with Gasteiger partial charge in [0.15, 0.2) is 0 Å². The highest BCUT2D eigenvalue weighted by molar-refractivity contribution is 6.30. The summed E-state index contributed by atoms with van der Waals surface area (Å²) in [6.07, 6.45) is 0.623. The molecule has 1 N–H and O–H groups in total. The SMILES string of the molecule is CC(C)(C)OC(=O)N1CC(Cc2ccccc2)C(CN(Cc2ccccc2O)c2ccc(Cl)cc2)C1. The largest absolute Gasteiger partial charge is 0.508 e. The molecule has 2 unspecified atom stereocenters. The van der Waals surface area contributed by atoms with E-state index >= 15 is 0 Å². The highest BCUT2D eigenvalue weighted by atomic mass is 35.5. The Morgan fingerprint density at radius 3 is 2.28 bits per heavy atom. The summed E-state index contributed by atoms with van der Waals surface area (Å²) < 4.78 is 5.71. The number of phenols is 1. The third-order valence-corrected chi connectivity index (χ3v) is 6.82. The molecule has 1 fully saturated rings. The lowest BCUT2D eigenvalue weighted by Gasteiger charge is -2.30. The van der Waals surface area contributed by atoms with E-state index in [2.05, 4.69) is 29.2 Å². The van der Waals surface area contributed by atoms with Crippen LogP contribution in [0.3, 0.4) is 0 Å². The first-order valence-electron chi connectivity index (χ1n) is 12.5. The fraction of sp³-hybridized carbons (Fsp3) is 0.367. The zero-order valence-electron chi connectivity index (χ0n) is 21.2. The van der Waals surface area contributed by atoms with Crippen LogP contribution in [0.1, 0.15) is 31.9 Å². The van der Waals surface area contributed by atoms with Crippen molar-refractivity contribution in [3.63, 3.8) is 0 Å². The third kappa shape index (κ3) is 6.94. The van der Waals surface area contributed by atoms with Crippen LogP contribution in [0.2, 0.25) is 5.02 Å². The van der Waals surface area contributed by atoms with Crippen LogP contribution in [0.15, 0.2) is 78.9 Å². The van der Waals surface area contributed by atoms with Gasteiger partial charge in [0.05, 0.1) is 0 Å². The molecule has 3 aromatic carbocycles. The predicted octanol–water partition coefficient (Wildman–Crippen LogP) is 6.78. The van der Waals surface area contributed by atoms with Gasteiger partial charge in [-0.15, -0.1) is 0 Å². The number of carbonyl (C=O) groups is 1. The van der Waals surface area contributed by atoms with E-state index in [0.717, 1.165) is 24.2 Å². The highest BCUT2D eigenvalue weighted by Crippen LogP contribution is 2.32. The van der Waals surface area contributed by atoms with Crippen molar-refractivity contribution in [2.75, 3.05) is 24.5 Å². The average Bonchev–Trinajstić information content (AvgIpc) is 3.22. The molecule has 1 heterocycles. The van der Waals surface area contributed by atoms with Gasteiger partial charge in [0, 0.05) is 42.5 Å². The van der Waals surface area contributed by atoms with Gasteiger partial charge in [-0.05, 0) is 74.9 Å². The Hall–Kier alpha value is -3.18. The number of aromatic hydroxyl groups is 1. The molecule has 1 aliphatic heterocycles. The molecule has 2 atom stereocenters. The summed E-state index contributed by atoms with van der Waals surface area (Å²) >= 11 is 6.18. The van der Waals surface area contributed by atoms with Crippen molar-refractivity contribution < 1.29 is 14.6 Å². The van der Waals surface area contributed by atoms with Crippen LogP contribution in [-0.4, -0.2) is 41.3 Å². The van der Waals surface area contributed by atoms with Crippen molar-refractivity contribution in [2.24, 2.45) is 11.8 Å². The Bertz CT molecular complexity index is 1140. The van der Waals surface area contributed by atoms with Crippen LogP contribution >= 0.6 is 11.6 Å². The topological polar surface area (TPSA) is 53.0 Å². The summed E-state index contributed by atoms with van der Waals surface area (Å²) in [6.45, 7) is 8.25. The maximum absolute atomic E-state index is 13.0. The fourth-order valence-electron chi connectivity index (χ4n) is 4.82. The molecule has 190 valence electrons. The minimum atomic E-state index is -0.537. The molecule has 1 saturated heterocycles. The van der Waals surface area contributed by atoms with E-state index in [-0.39, 0.29) is 23.7 Å². The second-order valence-electron chi connectivity index (χ2n) is 10.6. The first kappa shape index (κ1) is 25.9. The number of rotatable bonds is 7. The van der Waals surface area contributed by atoms with Gasteiger partial charge in [-0.2, -0.15) is 0 Å². The highest BCUT2D eigenvalue weighted by Gasteiger charge is 2.38. The number of para-hydroxylation sites is 1. The molecule has 5 nitrogen and oxygen atoms in total. The number of phenolic OH excluding ortho intramolecular Hbond substituents is 1. The number of amides is 1. The number of nitrogens with zero attached hydrogens (tertiary/aromatic N) is 2. The van der Waals surface area contributed by atoms with Crippen molar-refractivity contribution >= 4 is 23.4 Å². The van der Waals surface area contributed by atoms with Crippen molar-refractivity contribution in [1.82, 2.24) is 4.90 Å². The zero-order chi connectivity index (χ0) is 25.7. The van der Waals surface area contributed by atoms with E-state index < -0.39 is 5.60 Å². The minimum Gasteiger partial charge on any atom is -0.508 e. The molecule has 0 aromatic heterocycles. The van der Waals surface area contributed by atoms with Crippen LogP contribution in [0.4, 0.5) is 10.5 Å². The summed E-state index contributed by atoms with van der Waals surface area (Å²) in [4.78, 5) is 17.1. The van der Waals surface area contributed by atoms with E-state index in [1.54, 1.807) is 6.07 Å². The molecule has 1 amide bonds. The Morgan fingerprint density at radius 2 is 1.61 bits per heavy atom. The molecule has 0 aliphatic carbocycles. The van der Waals surface area contributed by atoms with Crippen molar-refractivity contribution in [3.05, 3.63) is 95.0 Å². The number of anilines is 1. The van der Waals surface area contributed by atoms with Gasteiger partial charge in [-0.3, -0.25) is 0 Å². The Balaban J connectivity index is 1.60. The summed E-state index contributed by atoms with van der Waals surface area (Å²) in [5, 5.41) is 11.1. The van der Waals surface area contributed by atoms with E-state index in [9.17, 15) is 9.90 Å². The Labute approximate surface area is 219 Å². The van der Waals surface area contributed by atoms with Crippen LogP contribution in [0.25, 0.3) is 0 Å². The predicted molar refractivity (Wildman–Crippen MR) is 146 cm³/mol. The summed E-state index contributed by atoms with van der Waals surface area (Å²) in [6, 6.07) is 25.7. The van der Waals surface area contributed by atoms with E-state index in [1.165, 1.54) is 5.56 Å². The molecule has 36 heavy (non-hydrogen) atoms. The normalized spacial score (nSPS) is 17.7. The van der Waals surface area contributed by atoms with Gasteiger partial charge in [0.25, 0.3) is 0 Å². The van der Waals surface area contributed by atoms with Gasteiger partial charge >= 0.3 is 6.09 Å². The number of benzene rings is 3. The number of hydrogen-bond donors (Lipinski definition) is 1. The van der Waals surface area contributed by atoms with Gasteiger partial charge < -0.3 is 19.6 Å². The van der Waals surface area contributed by atoms with E-state index in [1.807, 2.05) is 74.2 Å². The van der Waals surface area contributed by atoms with Gasteiger partial charge in [0.2, 0.25) is 0 Å².